The lowest BCUT2D eigenvalue weighted by Crippen LogP contribution is -2.22. The molecule has 1 amide bonds. The zero-order valence-corrected chi connectivity index (χ0v) is 16.1. The van der Waals surface area contributed by atoms with Crippen LogP contribution in [-0.4, -0.2) is 30.1 Å². The summed E-state index contributed by atoms with van der Waals surface area (Å²) in [6.07, 6.45) is 1.40. The number of nitrogens with one attached hydrogen (secondary N) is 1. The van der Waals surface area contributed by atoms with Crippen LogP contribution in [0, 0.1) is 6.92 Å². The fraction of sp³-hybridized carbons (Fsp3) is 0.200. The first kappa shape index (κ1) is 18.8. The van der Waals surface area contributed by atoms with Crippen LogP contribution in [0.1, 0.15) is 11.1 Å². The maximum absolute atomic E-state index is 11.3. The van der Waals surface area contributed by atoms with Crippen molar-refractivity contribution in [3.63, 3.8) is 0 Å². The number of halogens is 1. The Bertz CT molecular complexity index is 969. The topological polar surface area (TPSA) is 65.4 Å². The van der Waals surface area contributed by atoms with Gasteiger partial charge in [0.25, 0.3) is 0 Å². The zero-order valence-electron chi connectivity index (χ0n) is 15.3. The molecule has 0 atom stereocenters. The van der Waals surface area contributed by atoms with Crippen molar-refractivity contribution in [2.45, 2.75) is 13.5 Å². The summed E-state index contributed by atoms with van der Waals surface area (Å²) in [7, 11) is 2.94. The molecule has 0 bridgehead atoms. The molecular formula is C20H20ClN3O3. The Hall–Kier alpha value is -2.99. The number of benzene rings is 2. The van der Waals surface area contributed by atoms with Crippen molar-refractivity contribution in [1.29, 1.82) is 0 Å². The van der Waals surface area contributed by atoms with Gasteiger partial charge in [-0.05, 0) is 42.3 Å². The molecule has 3 rings (SSSR count). The Morgan fingerprint density at radius 1 is 1.19 bits per heavy atom. The van der Waals surface area contributed by atoms with Crippen molar-refractivity contribution in [3.05, 3.63) is 64.8 Å². The maximum atomic E-state index is 11.3. The van der Waals surface area contributed by atoms with Crippen LogP contribution in [0.3, 0.4) is 0 Å². The van der Waals surface area contributed by atoms with E-state index in [1.807, 2.05) is 49.5 Å². The molecule has 0 aliphatic rings. The highest BCUT2D eigenvalue weighted by Gasteiger charge is 2.10. The van der Waals surface area contributed by atoms with Crippen molar-refractivity contribution >= 4 is 17.7 Å². The summed E-state index contributed by atoms with van der Waals surface area (Å²) in [5.74, 6) is 0.692. The lowest BCUT2D eigenvalue weighted by Gasteiger charge is -2.09. The van der Waals surface area contributed by atoms with Gasteiger partial charge in [-0.25, -0.2) is 9.48 Å². The molecule has 0 aliphatic heterocycles. The van der Waals surface area contributed by atoms with Gasteiger partial charge in [0.05, 0.1) is 30.6 Å². The van der Waals surface area contributed by atoms with Crippen molar-refractivity contribution in [2.75, 3.05) is 14.2 Å². The van der Waals surface area contributed by atoms with Crippen LogP contribution in [0.4, 0.5) is 4.79 Å². The Morgan fingerprint density at radius 2 is 2.00 bits per heavy atom. The van der Waals surface area contributed by atoms with Gasteiger partial charge in [0.15, 0.2) is 0 Å². The fourth-order valence-electron chi connectivity index (χ4n) is 2.67. The minimum atomic E-state index is -0.460. The summed E-state index contributed by atoms with van der Waals surface area (Å²) >= 11 is 6.34. The Morgan fingerprint density at radius 3 is 2.70 bits per heavy atom. The van der Waals surface area contributed by atoms with Crippen molar-refractivity contribution in [1.82, 2.24) is 15.1 Å². The number of aryl methyl sites for hydroxylation is 1. The quantitative estimate of drug-likeness (QED) is 0.708. The van der Waals surface area contributed by atoms with Crippen LogP contribution in [0.25, 0.3) is 16.9 Å². The molecule has 1 aromatic heterocycles. The predicted molar refractivity (Wildman–Crippen MR) is 105 cm³/mol. The molecular weight excluding hydrogens is 366 g/mol. The largest absolute Gasteiger partial charge is 0.497 e. The fourth-order valence-corrected chi connectivity index (χ4v) is 2.93. The number of carbonyl (C=O) groups excluding carboxylic acids is 1. The predicted octanol–water partition coefficient (Wildman–Crippen LogP) is 4.37. The van der Waals surface area contributed by atoms with Crippen molar-refractivity contribution in [3.8, 4) is 22.7 Å². The number of carbonyl (C=O) groups is 1. The van der Waals surface area contributed by atoms with E-state index < -0.39 is 6.09 Å². The Labute approximate surface area is 162 Å². The maximum Gasteiger partial charge on any atom is 0.407 e. The number of amides is 1. The lowest BCUT2D eigenvalue weighted by atomic mass is 10.0. The van der Waals surface area contributed by atoms with Crippen LogP contribution in [0.2, 0.25) is 5.02 Å². The Balaban J connectivity index is 1.87. The SMILES string of the molecule is COC(=O)NCc1cc(-c2ccn(-c3ccc(OC)cc3Cl)n2)ccc1C. The molecule has 1 N–H and O–H groups in total. The molecule has 27 heavy (non-hydrogen) atoms. The van der Waals surface area contributed by atoms with Crippen LogP contribution >= 0.6 is 11.6 Å². The summed E-state index contributed by atoms with van der Waals surface area (Å²) in [6.45, 7) is 2.38. The molecule has 6 nitrogen and oxygen atoms in total. The minimum absolute atomic E-state index is 0.386. The molecule has 0 fully saturated rings. The number of nitrogens with zero attached hydrogens (tertiary/aromatic N) is 2. The zero-order chi connectivity index (χ0) is 19.4. The van der Waals surface area contributed by atoms with Gasteiger partial charge in [0.2, 0.25) is 0 Å². The second-order valence-corrected chi connectivity index (χ2v) is 6.36. The number of hydrogen-bond donors (Lipinski definition) is 1. The van der Waals surface area contributed by atoms with Gasteiger partial charge in [-0.15, -0.1) is 0 Å². The molecule has 2 aromatic carbocycles. The number of alkyl carbamates (subject to hydrolysis) is 1. The van der Waals surface area contributed by atoms with Gasteiger partial charge in [0.1, 0.15) is 5.75 Å². The number of ether oxygens (including phenoxy) is 2. The normalized spacial score (nSPS) is 10.5. The van der Waals surface area contributed by atoms with E-state index in [1.54, 1.807) is 17.9 Å². The highest BCUT2D eigenvalue weighted by molar-refractivity contribution is 6.32. The second kappa shape index (κ2) is 8.14. The van der Waals surface area contributed by atoms with Crippen LogP contribution < -0.4 is 10.1 Å². The number of methoxy groups -OCH3 is 2. The smallest absolute Gasteiger partial charge is 0.407 e. The summed E-state index contributed by atoms with van der Waals surface area (Å²) in [6, 6.07) is 13.4. The summed E-state index contributed by atoms with van der Waals surface area (Å²) in [5, 5.41) is 7.88. The van der Waals surface area contributed by atoms with Crippen LogP contribution in [-0.2, 0) is 11.3 Å². The molecule has 0 saturated heterocycles. The number of rotatable bonds is 5. The van der Waals surface area contributed by atoms with E-state index in [-0.39, 0.29) is 0 Å². The molecule has 3 aromatic rings. The van der Waals surface area contributed by atoms with Crippen molar-refractivity contribution < 1.29 is 14.3 Å². The standard InChI is InChI=1S/C20H20ClN3O3/c1-13-4-5-14(10-15(13)12-22-20(25)27-3)18-8-9-24(23-18)19-7-6-16(26-2)11-17(19)21/h4-11H,12H2,1-3H3,(H,22,25). The minimum Gasteiger partial charge on any atom is -0.497 e. The van der Waals surface area contributed by atoms with Crippen LogP contribution in [0.5, 0.6) is 5.75 Å². The van der Waals surface area contributed by atoms with E-state index in [2.05, 4.69) is 15.2 Å². The second-order valence-electron chi connectivity index (χ2n) is 5.95. The van der Waals surface area contributed by atoms with Crippen LogP contribution in [0.15, 0.2) is 48.7 Å². The molecule has 0 unspecified atom stereocenters. The highest BCUT2D eigenvalue weighted by Crippen LogP contribution is 2.27. The summed E-state index contributed by atoms with van der Waals surface area (Å²) in [4.78, 5) is 11.3. The molecule has 140 valence electrons. The van der Waals surface area contributed by atoms with Gasteiger partial charge in [-0.2, -0.15) is 5.10 Å². The van der Waals surface area contributed by atoms with Gasteiger partial charge in [-0.1, -0.05) is 23.7 Å². The van der Waals surface area contributed by atoms with E-state index in [4.69, 9.17) is 16.3 Å². The van der Waals surface area contributed by atoms with E-state index in [9.17, 15) is 4.79 Å². The number of hydrogen-bond acceptors (Lipinski definition) is 4. The molecule has 1 heterocycles. The van der Waals surface area contributed by atoms with Gasteiger partial charge < -0.3 is 14.8 Å². The van der Waals surface area contributed by atoms with E-state index in [1.165, 1.54) is 7.11 Å². The molecule has 7 heteroatoms. The molecule has 0 aliphatic carbocycles. The third kappa shape index (κ3) is 4.23. The third-order valence-corrected chi connectivity index (χ3v) is 4.55. The summed E-state index contributed by atoms with van der Waals surface area (Å²) < 4.78 is 11.5. The molecule has 0 radical (unpaired) electrons. The Kier molecular flexibility index (Phi) is 5.66. The number of aromatic nitrogens is 2. The van der Waals surface area contributed by atoms with E-state index in [0.717, 1.165) is 28.1 Å². The lowest BCUT2D eigenvalue weighted by molar-refractivity contribution is 0.170. The van der Waals surface area contributed by atoms with E-state index in [0.29, 0.717) is 17.3 Å². The molecule has 0 saturated carbocycles. The van der Waals surface area contributed by atoms with Crippen molar-refractivity contribution in [2.24, 2.45) is 0 Å². The first-order chi connectivity index (χ1) is 13.0. The monoisotopic (exact) mass is 385 g/mol. The summed E-state index contributed by atoms with van der Waals surface area (Å²) in [5.41, 5.74) is 4.60. The van der Waals surface area contributed by atoms with Gasteiger partial charge in [-0.3, -0.25) is 0 Å². The first-order valence-corrected chi connectivity index (χ1v) is 8.71. The average Bonchev–Trinajstić information content (AvgIpc) is 3.16. The van der Waals surface area contributed by atoms with E-state index >= 15 is 0 Å². The first-order valence-electron chi connectivity index (χ1n) is 8.33. The van der Waals surface area contributed by atoms with Gasteiger partial charge >= 0.3 is 6.09 Å². The molecule has 0 spiro atoms. The average molecular weight is 386 g/mol. The third-order valence-electron chi connectivity index (χ3n) is 4.24. The van der Waals surface area contributed by atoms with Gasteiger partial charge in [0, 0.05) is 24.4 Å². The highest BCUT2D eigenvalue weighted by atomic mass is 35.5.